The second-order valence-electron chi connectivity index (χ2n) is 2.32. The summed E-state index contributed by atoms with van der Waals surface area (Å²) in [5, 5.41) is 0. The van der Waals surface area contributed by atoms with Gasteiger partial charge in [-0.2, -0.15) is 12.6 Å². The summed E-state index contributed by atoms with van der Waals surface area (Å²) in [6, 6.07) is 0. The quantitative estimate of drug-likeness (QED) is 0.487. The Balaban J connectivity index is 3.36. The molecule has 66 valence electrons. The van der Waals surface area contributed by atoms with Crippen molar-refractivity contribution in [3.8, 4) is 0 Å². The molecule has 11 heavy (non-hydrogen) atoms. The topological polar surface area (TPSA) is 29.5 Å². The predicted octanol–water partition coefficient (Wildman–Crippen LogP) is 0.411. The van der Waals surface area contributed by atoms with Crippen LogP contribution in [0.5, 0.6) is 0 Å². The number of rotatable bonds is 5. The molecule has 0 aliphatic carbocycles. The van der Waals surface area contributed by atoms with Crippen molar-refractivity contribution in [3.63, 3.8) is 0 Å². The highest BCUT2D eigenvalue weighted by molar-refractivity contribution is 7.81. The number of ether oxygens (including phenoxy) is 1. The van der Waals surface area contributed by atoms with Gasteiger partial charge in [-0.3, -0.25) is 4.79 Å². The van der Waals surface area contributed by atoms with Crippen LogP contribution >= 0.6 is 12.6 Å². The van der Waals surface area contributed by atoms with Crippen LogP contribution in [0, 0.1) is 0 Å². The van der Waals surface area contributed by atoms with Crippen LogP contribution in [-0.4, -0.2) is 43.9 Å². The van der Waals surface area contributed by atoms with Gasteiger partial charge >= 0.3 is 0 Å². The van der Waals surface area contributed by atoms with Crippen LogP contribution in [0.3, 0.4) is 0 Å². The molecule has 0 unspecified atom stereocenters. The molecule has 0 heterocycles. The lowest BCUT2D eigenvalue weighted by Crippen LogP contribution is -2.29. The number of carbonyl (C=O) groups is 1. The molecule has 0 aromatic heterocycles. The maximum atomic E-state index is 10.9. The molecule has 0 atom stereocenters. The van der Waals surface area contributed by atoms with Crippen LogP contribution in [0.2, 0.25) is 0 Å². The molecule has 0 bridgehead atoms. The molecule has 3 nitrogen and oxygen atoms in total. The van der Waals surface area contributed by atoms with Gasteiger partial charge in [0.25, 0.3) is 0 Å². The molecule has 0 aromatic rings. The van der Waals surface area contributed by atoms with Crippen LogP contribution in [0.25, 0.3) is 0 Å². The van der Waals surface area contributed by atoms with Crippen molar-refractivity contribution >= 4 is 18.5 Å². The first kappa shape index (κ1) is 10.8. The Morgan fingerprint density at radius 3 is 2.73 bits per heavy atom. The highest BCUT2D eigenvalue weighted by atomic mass is 32.1. The van der Waals surface area contributed by atoms with Gasteiger partial charge < -0.3 is 9.64 Å². The van der Waals surface area contributed by atoms with Gasteiger partial charge in [0, 0.05) is 27.3 Å². The van der Waals surface area contributed by atoms with Crippen LogP contribution < -0.4 is 0 Å². The zero-order valence-electron chi connectivity index (χ0n) is 7.04. The molecule has 1 amide bonds. The lowest BCUT2D eigenvalue weighted by Gasteiger charge is -2.14. The monoisotopic (exact) mass is 177 g/mol. The van der Waals surface area contributed by atoms with Crippen LogP contribution in [0.4, 0.5) is 0 Å². The van der Waals surface area contributed by atoms with E-state index in [1.807, 2.05) is 0 Å². The summed E-state index contributed by atoms with van der Waals surface area (Å²) in [6.07, 6.45) is 0.881. The van der Waals surface area contributed by atoms with Gasteiger partial charge in [0.05, 0.1) is 5.75 Å². The summed E-state index contributed by atoms with van der Waals surface area (Å²) in [4.78, 5) is 12.6. The first-order valence-electron chi connectivity index (χ1n) is 3.56. The molecule has 0 aliphatic heterocycles. The number of carbonyl (C=O) groups excluding carboxylic acids is 1. The van der Waals surface area contributed by atoms with Crippen molar-refractivity contribution in [3.05, 3.63) is 0 Å². The van der Waals surface area contributed by atoms with Crippen molar-refractivity contribution in [1.82, 2.24) is 4.90 Å². The molecule has 0 rings (SSSR count). The second kappa shape index (κ2) is 6.49. The fourth-order valence-electron chi connectivity index (χ4n) is 0.691. The minimum Gasteiger partial charge on any atom is -0.385 e. The Bertz CT molecular complexity index is 119. The van der Waals surface area contributed by atoms with E-state index < -0.39 is 0 Å². The Morgan fingerprint density at radius 1 is 1.64 bits per heavy atom. The Morgan fingerprint density at radius 2 is 2.27 bits per heavy atom. The normalized spacial score (nSPS) is 9.73. The summed E-state index contributed by atoms with van der Waals surface area (Å²) in [7, 11) is 3.43. The number of hydrogen-bond acceptors (Lipinski definition) is 3. The van der Waals surface area contributed by atoms with E-state index in [0.29, 0.717) is 6.61 Å². The van der Waals surface area contributed by atoms with Crippen molar-refractivity contribution in [1.29, 1.82) is 0 Å². The number of nitrogens with zero attached hydrogens (tertiary/aromatic N) is 1. The van der Waals surface area contributed by atoms with E-state index >= 15 is 0 Å². The van der Waals surface area contributed by atoms with Gasteiger partial charge in [0.2, 0.25) is 5.91 Å². The van der Waals surface area contributed by atoms with Crippen molar-refractivity contribution in [2.45, 2.75) is 6.42 Å². The summed E-state index contributed by atoms with van der Waals surface area (Å²) in [5.74, 6) is 0.341. The zero-order chi connectivity index (χ0) is 8.69. The standard InChI is InChI=1S/C7H15NO2S/c1-8(7(9)6-11)4-3-5-10-2/h11H,3-6H2,1-2H3. The van der Waals surface area contributed by atoms with Crippen LogP contribution in [0.1, 0.15) is 6.42 Å². The van der Waals surface area contributed by atoms with E-state index in [-0.39, 0.29) is 11.7 Å². The third kappa shape index (κ3) is 5.09. The molecule has 0 saturated carbocycles. The van der Waals surface area contributed by atoms with Crippen LogP contribution in [-0.2, 0) is 9.53 Å². The lowest BCUT2D eigenvalue weighted by atomic mass is 10.4. The second-order valence-corrected chi connectivity index (χ2v) is 2.64. The molecule has 0 radical (unpaired) electrons. The van der Waals surface area contributed by atoms with E-state index in [1.165, 1.54) is 0 Å². The third-order valence-electron chi connectivity index (χ3n) is 1.40. The molecule has 0 fully saturated rings. The minimum atomic E-state index is 0.0597. The number of amides is 1. The Labute approximate surface area is 73.1 Å². The molecule has 0 saturated heterocycles. The first-order chi connectivity index (χ1) is 5.22. The van der Waals surface area contributed by atoms with Crippen LogP contribution in [0.15, 0.2) is 0 Å². The maximum Gasteiger partial charge on any atom is 0.232 e. The average molecular weight is 177 g/mol. The fraction of sp³-hybridized carbons (Fsp3) is 0.857. The maximum absolute atomic E-state index is 10.9. The fourth-order valence-corrected chi connectivity index (χ4v) is 0.933. The summed E-state index contributed by atoms with van der Waals surface area (Å²) in [6.45, 7) is 1.44. The average Bonchev–Trinajstić information content (AvgIpc) is 2.03. The van der Waals surface area contributed by atoms with E-state index in [0.717, 1.165) is 13.0 Å². The van der Waals surface area contributed by atoms with Crippen molar-refractivity contribution in [2.24, 2.45) is 0 Å². The van der Waals surface area contributed by atoms with Gasteiger partial charge in [-0.05, 0) is 6.42 Å². The SMILES string of the molecule is COCCCN(C)C(=O)CS. The highest BCUT2D eigenvalue weighted by Gasteiger charge is 2.03. The first-order valence-corrected chi connectivity index (χ1v) is 4.19. The molecule has 0 spiro atoms. The predicted molar refractivity (Wildman–Crippen MR) is 48.0 cm³/mol. The van der Waals surface area contributed by atoms with E-state index in [1.54, 1.807) is 19.1 Å². The molecular formula is C7H15NO2S. The molecule has 4 heteroatoms. The Hall–Kier alpha value is -0.220. The van der Waals surface area contributed by atoms with Gasteiger partial charge in [0.15, 0.2) is 0 Å². The zero-order valence-corrected chi connectivity index (χ0v) is 7.93. The van der Waals surface area contributed by atoms with Crippen molar-refractivity contribution in [2.75, 3.05) is 33.1 Å². The molecule has 0 N–H and O–H groups in total. The number of hydrogen-bond donors (Lipinski definition) is 1. The molecule has 0 aliphatic rings. The minimum absolute atomic E-state index is 0.0597. The van der Waals surface area contributed by atoms with E-state index in [2.05, 4.69) is 12.6 Å². The summed E-state index contributed by atoms with van der Waals surface area (Å²) in [5.41, 5.74) is 0. The van der Waals surface area contributed by atoms with Gasteiger partial charge in [-0.25, -0.2) is 0 Å². The van der Waals surface area contributed by atoms with Gasteiger partial charge in [0.1, 0.15) is 0 Å². The van der Waals surface area contributed by atoms with E-state index in [4.69, 9.17) is 4.74 Å². The number of methoxy groups -OCH3 is 1. The van der Waals surface area contributed by atoms with Gasteiger partial charge in [-0.1, -0.05) is 0 Å². The van der Waals surface area contributed by atoms with Crippen molar-refractivity contribution < 1.29 is 9.53 Å². The molecule has 0 aromatic carbocycles. The lowest BCUT2D eigenvalue weighted by molar-refractivity contribution is -0.127. The largest absolute Gasteiger partial charge is 0.385 e. The Kier molecular flexibility index (Phi) is 6.36. The highest BCUT2D eigenvalue weighted by Crippen LogP contribution is 1.90. The summed E-state index contributed by atoms with van der Waals surface area (Å²) < 4.78 is 4.85. The number of thiol groups is 1. The smallest absolute Gasteiger partial charge is 0.232 e. The third-order valence-corrected chi connectivity index (χ3v) is 1.67. The molecular weight excluding hydrogens is 162 g/mol. The van der Waals surface area contributed by atoms with Gasteiger partial charge in [-0.15, -0.1) is 0 Å². The van der Waals surface area contributed by atoms with E-state index in [9.17, 15) is 4.79 Å². The summed E-state index contributed by atoms with van der Waals surface area (Å²) >= 11 is 3.88.